The molecule has 2 saturated carbocycles. The van der Waals surface area contributed by atoms with E-state index in [0.717, 1.165) is 23.4 Å². The van der Waals surface area contributed by atoms with Crippen LogP contribution in [0.1, 0.15) is 67.7 Å². The summed E-state index contributed by atoms with van der Waals surface area (Å²) in [4.78, 5) is 2.47. The van der Waals surface area contributed by atoms with Crippen molar-refractivity contribution in [2.24, 2.45) is 11.8 Å². The molecule has 0 saturated heterocycles. The Kier molecular flexibility index (Phi) is 7.95. The standard InChI is InChI=1S/C53H47N/c1-35-17-29-48-49-30-28-43(34-52(49)53(2,3)51(48)31-35)54(42-26-22-39(23-27-42)50-33-36-18-19-40(50)32-36)41-24-20-38(21-25-41)45-14-8-10-16-47(45)46-15-9-7-13-44(46)37-11-5-4-6-12-37/h4-17,20-31,34,36,40,50H,18-19,32-33H2,1-3H3. The van der Waals surface area contributed by atoms with Gasteiger partial charge >= 0.3 is 0 Å². The van der Waals surface area contributed by atoms with Crippen molar-refractivity contribution < 1.29 is 0 Å². The Morgan fingerprint density at radius 2 is 1.00 bits per heavy atom. The molecule has 7 aromatic carbocycles. The normalized spacial score (nSPS) is 19.1. The van der Waals surface area contributed by atoms with Gasteiger partial charge in [0.25, 0.3) is 0 Å². The number of fused-ring (bicyclic) bond motifs is 5. The van der Waals surface area contributed by atoms with E-state index in [0.29, 0.717) is 0 Å². The van der Waals surface area contributed by atoms with Gasteiger partial charge in [0.15, 0.2) is 0 Å². The molecule has 0 aromatic heterocycles. The summed E-state index contributed by atoms with van der Waals surface area (Å²) in [5, 5.41) is 0. The lowest BCUT2D eigenvalue weighted by Crippen LogP contribution is -2.17. The van der Waals surface area contributed by atoms with E-state index in [4.69, 9.17) is 0 Å². The molecule has 0 heterocycles. The summed E-state index contributed by atoms with van der Waals surface area (Å²) < 4.78 is 0. The molecule has 54 heavy (non-hydrogen) atoms. The first-order chi connectivity index (χ1) is 26.4. The molecule has 7 aromatic rings. The lowest BCUT2D eigenvalue weighted by atomic mass is 9.82. The molecular formula is C53H47N. The largest absolute Gasteiger partial charge is 0.310 e. The Morgan fingerprint density at radius 3 is 1.61 bits per heavy atom. The first-order valence-electron chi connectivity index (χ1n) is 19.9. The minimum absolute atomic E-state index is 0.0758. The number of benzene rings is 7. The number of anilines is 3. The quantitative estimate of drug-likeness (QED) is 0.160. The van der Waals surface area contributed by atoms with E-state index in [9.17, 15) is 0 Å². The number of rotatable bonds is 7. The van der Waals surface area contributed by atoms with Gasteiger partial charge in [-0.2, -0.15) is 0 Å². The maximum atomic E-state index is 2.47. The second-order valence-electron chi connectivity index (χ2n) is 16.6. The second-order valence-corrected chi connectivity index (χ2v) is 16.6. The molecule has 3 atom stereocenters. The molecule has 0 spiro atoms. The fourth-order valence-electron chi connectivity index (χ4n) is 10.3. The van der Waals surface area contributed by atoms with Crippen LogP contribution in [0.5, 0.6) is 0 Å². The molecule has 264 valence electrons. The highest BCUT2D eigenvalue weighted by Gasteiger charge is 2.40. The van der Waals surface area contributed by atoms with E-state index in [1.165, 1.54) is 104 Å². The first-order valence-corrected chi connectivity index (χ1v) is 19.9. The molecule has 2 fully saturated rings. The van der Waals surface area contributed by atoms with Gasteiger partial charge in [-0.25, -0.2) is 0 Å². The van der Waals surface area contributed by atoms with Gasteiger partial charge in [0.2, 0.25) is 0 Å². The van der Waals surface area contributed by atoms with Crippen molar-refractivity contribution in [3.8, 4) is 44.5 Å². The molecule has 0 radical (unpaired) electrons. The zero-order chi connectivity index (χ0) is 36.4. The third-order valence-corrected chi connectivity index (χ3v) is 13.1. The highest BCUT2D eigenvalue weighted by Crippen LogP contribution is 2.54. The van der Waals surface area contributed by atoms with Crippen LogP contribution in [0.3, 0.4) is 0 Å². The highest BCUT2D eigenvalue weighted by atomic mass is 15.1. The summed E-state index contributed by atoms with van der Waals surface area (Å²) >= 11 is 0. The van der Waals surface area contributed by atoms with Crippen LogP contribution in [0.25, 0.3) is 44.5 Å². The van der Waals surface area contributed by atoms with Gasteiger partial charge < -0.3 is 4.90 Å². The van der Waals surface area contributed by atoms with Gasteiger partial charge in [-0.15, -0.1) is 0 Å². The molecule has 3 aliphatic rings. The van der Waals surface area contributed by atoms with Gasteiger partial charge in [-0.05, 0) is 142 Å². The van der Waals surface area contributed by atoms with Crippen LogP contribution in [-0.2, 0) is 5.41 Å². The van der Waals surface area contributed by atoms with Crippen LogP contribution in [0.2, 0.25) is 0 Å². The maximum absolute atomic E-state index is 2.47. The molecule has 3 aliphatic carbocycles. The summed E-state index contributed by atoms with van der Waals surface area (Å²) in [6.45, 7) is 6.98. The second kappa shape index (κ2) is 13.0. The molecule has 2 bridgehead atoms. The van der Waals surface area contributed by atoms with Crippen LogP contribution < -0.4 is 4.90 Å². The topological polar surface area (TPSA) is 3.24 Å². The first kappa shape index (κ1) is 32.9. The minimum Gasteiger partial charge on any atom is -0.310 e. The Labute approximate surface area is 321 Å². The van der Waals surface area contributed by atoms with Gasteiger partial charge in [0.05, 0.1) is 0 Å². The van der Waals surface area contributed by atoms with Crippen molar-refractivity contribution in [2.75, 3.05) is 4.90 Å². The summed E-state index contributed by atoms with van der Waals surface area (Å²) in [6.07, 6.45) is 5.64. The lowest BCUT2D eigenvalue weighted by Gasteiger charge is -2.29. The molecule has 1 heteroatoms. The van der Waals surface area contributed by atoms with E-state index < -0.39 is 0 Å². The van der Waals surface area contributed by atoms with Crippen LogP contribution in [0.15, 0.2) is 164 Å². The molecule has 0 N–H and O–H groups in total. The van der Waals surface area contributed by atoms with Crippen LogP contribution >= 0.6 is 0 Å². The maximum Gasteiger partial charge on any atom is 0.0465 e. The van der Waals surface area contributed by atoms with E-state index in [1.54, 1.807) is 0 Å². The predicted molar refractivity (Wildman–Crippen MR) is 228 cm³/mol. The molecule has 0 aliphatic heterocycles. The third kappa shape index (κ3) is 5.52. The summed E-state index contributed by atoms with van der Waals surface area (Å²) in [7, 11) is 0. The van der Waals surface area contributed by atoms with Crippen molar-refractivity contribution in [2.45, 2.75) is 57.8 Å². The van der Waals surface area contributed by atoms with E-state index in [-0.39, 0.29) is 5.41 Å². The van der Waals surface area contributed by atoms with Crippen molar-refractivity contribution in [3.05, 3.63) is 186 Å². The zero-order valence-electron chi connectivity index (χ0n) is 31.6. The van der Waals surface area contributed by atoms with E-state index in [1.807, 2.05) is 0 Å². The van der Waals surface area contributed by atoms with Crippen LogP contribution in [0, 0.1) is 18.8 Å². The third-order valence-electron chi connectivity index (χ3n) is 13.1. The SMILES string of the molecule is Cc1ccc2c(c1)C(C)(C)c1cc(N(c3ccc(-c4ccccc4-c4ccccc4-c4ccccc4)cc3)c3ccc(C4CC5CCC4C5)cc3)ccc1-2. The average Bonchev–Trinajstić information content (AvgIpc) is 3.92. The monoisotopic (exact) mass is 697 g/mol. The fourth-order valence-corrected chi connectivity index (χ4v) is 10.3. The number of hydrogen-bond acceptors (Lipinski definition) is 1. The van der Waals surface area contributed by atoms with Gasteiger partial charge in [0, 0.05) is 22.5 Å². The van der Waals surface area contributed by atoms with Gasteiger partial charge in [-0.1, -0.05) is 153 Å². The molecular weight excluding hydrogens is 651 g/mol. The number of aryl methyl sites for hydroxylation is 1. The predicted octanol–water partition coefficient (Wildman–Crippen LogP) is 14.7. The van der Waals surface area contributed by atoms with Crippen molar-refractivity contribution in [1.29, 1.82) is 0 Å². The lowest BCUT2D eigenvalue weighted by molar-refractivity contribution is 0.420. The fraction of sp³-hybridized carbons (Fsp3) is 0.208. The Hall–Kier alpha value is -5.66. The number of hydrogen-bond donors (Lipinski definition) is 0. The smallest absolute Gasteiger partial charge is 0.0465 e. The summed E-state index contributed by atoms with van der Waals surface area (Å²) in [5.41, 5.74) is 19.3. The minimum atomic E-state index is -0.0758. The molecule has 10 rings (SSSR count). The zero-order valence-corrected chi connectivity index (χ0v) is 31.6. The van der Waals surface area contributed by atoms with Gasteiger partial charge in [0.1, 0.15) is 0 Å². The van der Waals surface area contributed by atoms with Crippen LogP contribution in [-0.4, -0.2) is 0 Å². The van der Waals surface area contributed by atoms with E-state index >= 15 is 0 Å². The average molecular weight is 698 g/mol. The van der Waals surface area contributed by atoms with E-state index in [2.05, 4.69) is 189 Å². The van der Waals surface area contributed by atoms with Crippen molar-refractivity contribution >= 4 is 17.1 Å². The highest BCUT2D eigenvalue weighted by molar-refractivity contribution is 5.92. The molecule has 1 nitrogen and oxygen atoms in total. The Bertz CT molecular complexity index is 2490. The van der Waals surface area contributed by atoms with Crippen molar-refractivity contribution in [3.63, 3.8) is 0 Å². The summed E-state index contributed by atoms with van der Waals surface area (Å²) in [6, 6.07) is 61.3. The van der Waals surface area contributed by atoms with Crippen LogP contribution in [0.4, 0.5) is 17.1 Å². The Morgan fingerprint density at radius 1 is 0.463 bits per heavy atom. The Balaban J connectivity index is 1.05. The molecule has 0 amide bonds. The summed E-state index contributed by atoms with van der Waals surface area (Å²) in [5.74, 6) is 2.53. The number of nitrogens with zero attached hydrogens (tertiary/aromatic N) is 1. The van der Waals surface area contributed by atoms with Crippen molar-refractivity contribution in [1.82, 2.24) is 0 Å². The van der Waals surface area contributed by atoms with Gasteiger partial charge in [-0.3, -0.25) is 0 Å². The molecule has 3 unspecified atom stereocenters.